The van der Waals surface area contributed by atoms with Crippen molar-refractivity contribution >= 4 is 0 Å². The van der Waals surface area contributed by atoms with E-state index >= 15 is 0 Å². The highest BCUT2D eigenvalue weighted by Crippen LogP contribution is 2.30. The van der Waals surface area contributed by atoms with Gasteiger partial charge in [-0.2, -0.15) is 0 Å². The van der Waals surface area contributed by atoms with Crippen molar-refractivity contribution in [3.63, 3.8) is 0 Å². The van der Waals surface area contributed by atoms with Gasteiger partial charge in [-0.05, 0) is 41.7 Å². The molecule has 1 N–H and O–H groups in total. The van der Waals surface area contributed by atoms with E-state index in [1.165, 1.54) is 0 Å². The zero-order valence-electron chi connectivity index (χ0n) is 14.2. The minimum Gasteiger partial charge on any atom is -0.497 e. The predicted molar refractivity (Wildman–Crippen MR) is 92.5 cm³/mol. The number of aliphatic hydroxyl groups excluding tert-OH is 1. The van der Waals surface area contributed by atoms with Crippen LogP contribution in [0.15, 0.2) is 48.5 Å². The van der Waals surface area contributed by atoms with Crippen LogP contribution in [0.5, 0.6) is 5.75 Å². The smallest absolute Gasteiger partial charge is 0.118 e. The van der Waals surface area contributed by atoms with Crippen molar-refractivity contribution in [3.05, 3.63) is 65.2 Å². The first-order chi connectivity index (χ1) is 11.2. The summed E-state index contributed by atoms with van der Waals surface area (Å²) in [6, 6.07) is 15.9. The van der Waals surface area contributed by atoms with Gasteiger partial charge in [-0.15, -0.1) is 0 Å². The van der Waals surface area contributed by atoms with Gasteiger partial charge >= 0.3 is 0 Å². The molecule has 0 bridgehead atoms. The Balaban J connectivity index is 2.10. The Morgan fingerprint density at radius 3 is 2.13 bits per heavy atom. The van der Waals surface area contributed by atoms with Crippen LogP contribution in [0.3, 0.4) is 0 Å². The number of methoxy groups -OCH3 is 1. The van der Waals surface area contributed by atoms with Crippen LogP contribution in [0.2, 0.25) is 0 Å². The second-order valence-electron chi connectivity index (χ2n) is 5.61. The van der Waals surface area contributed by atoms with Crippen molar-refractivity contribution in [3.8, 4) is 5.75 Å². The van der Waals surface area contributed by atoms with Gasteiger partial charge in [0.2, 0.25) is 0 Å². The lowest BCUT2D eigenvalue weighted by Crippen LogP contribution is -2.09. The molecule has 0 aliphatic rings. The Bertz CT molecular complexity index is 592. The Labute approximate surface area is 138 Å². The Kier molecular flexibility index (Phi) is 6.63. The highest BCUT2D eigenvalue weighted by molar-refractivity contribution is 5.31. The summed E-state index contributed by atoms with van der Waals surface area (Å²) in [7, 11) is 1.66. The molecule has 2 rings (SSSR count). The normalized spacial score (nSPS) is 13.6. The summed E-state index contributed by atoms with van der Waals surface area (Å²) in [5, 5.41) is 10.2. The van der Waals surface area contributed by atoms with Crippen molar-refractivity contribution in [1.82, 2.24) is 0 Å². The largest absolute Gasteiger partial charge is 0.497 e. The first kappa shape index (κ1) is 17.5. The highest BCUT2D eigenvalue weighted by atomic mass is 16.5. The molecule has 0 aliphatic carbocycles. The second-order valence-corrected chi connectivity index (χ2v) is 5.61. The van der Waals surface area contributed by atoms with Gasteiger partial charge in [-0.25, -0.2) is 0 Å². The Morgan fingerprint density at radius 2 is 1.57 bits per heavy atom. The molecule has 0 amide bonds. The summed E-state index contributed by atoms with van der Waals surface area (Å²) in [6.45, 7) is 4.63. The fraction of sp³-hybridized carbons (Fsp3) is 0.400. The second kappa shape index (κ2) is 8.70. The fourth-order valence-electron chi connectivity index (χ4n) is 2.67. The standard InChI is InChI=1S/C20H26O3/c1-4-19(21)17-8-6-7-9-18(17)20(5-2)23-14-15-10-12-16(22-3)13-11-15/h6-13,19-21H,4-5,14H2,1-3H3/t19-,20-/m1/s1. The molecule has 3 nitrogen and oxygen atoms in total. The Hall–Kier alpha value is -1.84. The first-order valence-electron chi connectivity index (χ1n) is 8.21. The molecule has 23 heavy (non-hydrogen) atoms. The molecule has 0 saturated heterocycles. The zero-order valence-corrected chi connectivity index (χ0v) is 14.2. The number of hydrogen-bond acceptors (Lipinski definition) is 3. The minimum atomic E-state index is -0.440. The fourth-order valence-corrected chi connectivity index (χ4v) is 2.67. The molecule has 0 aromatic heterocycles. The number of hydrogen-bond donors (Lipinski definition) is 1. The van der Waals surface area contributed by atoms with Crippen molar-refractivity contribution in [2.45, 2.75) is 45.5 Å². The molecule has 3 heteroatoms. The monoisotopic (exact) mass is 314 g/mol. The van der Waals surface area contributed by atoms with E-state index in [2.05, 4.69) is 13.0 Å². The van der Waals surface area contributed by atoms with E-state index in [4.69, 9.17) is 9.47 Å². The minimum absolute atomic E-state index is 0.0190. The maximum absolute atomic E-state index is 10.2. The predicted octanol–water partition coefficient (Wildman–Crippen LogP) is 4.81. The van der Waals surface area contributed by atoms with Crippen LogP contribution in [0.1, 0.15) is 55.6 Å². The summed E-state index contributed by atoms with van der Waals surface area (Å²) in [5.41, 5.74) is 3.16. The Morgan fingerprint density at radius 1 is 0.913 bits per heavy atom. The van der Waals surface area contributed by atoms with Crippen LogP contribution in [-0.4, -0.2) is 12.2 Å². The van der Waals surface area contributed by atoms with E-state index in [1.807, 2.05) is 49.4 Å². The lowest BCUT2D eigenvalue weighted by molar-refractivity contribution is 0.0345. The molecule has 0 unspecified atom stereocenters. The van der Waals surface area contributed by atoms with Gasteiger partial charge in [-0.3, -0.25) is 0 Å². The first-order valence-corrected chi connectivity index (χ1v) is 8.21. The van der Waals surface area contributed by atoms with E-state index in [0.717, 1.165) is 28.9 Å². The molecule has 2 aromatic rings. The van der Waals surface area contributed by atoms with E-state index in [0.29, 0.717) is 13.0 Å². The lowest BCUT2D eigenvalue weighted by atomic mass is 9.95. The number of aliphatic hydroxyl groups is 1. The SMILES string of the molecule is CC[C@@H](O)c1ccccc1[C@@H](CC)OCc1ccc(OC)cc1. The molecule has 0 heterocycles. The van der Waals surface area contributed by atoms with Crippen molar-refractivity contribution in [1.29, 1.82) is 0 Å². The van der Waals surface area contributed by atoms with Crippen LogP contribution >= 0.6 is 0 Å². The van der Waals surface area contributed by atoms with Crippen molar-refractivity contribution < 1.29 is 14.6 Å². The maximum atomic E-state index is 10.2. The van der Waals surface area contributed by atoms with Gasteiger partial charge in [0.25, 0.3) is 0 Å². The number of rotatable bonds is 8. The summed E-state index contributed by atoms with van der Waals surface area (Å²) in [5.74, 6) is 0.845. The third-order valence-electron chi connectivity index (χ3n) is 4.07. The van der Waals surface area contributed by atoms with Crippen LogP contribution < -0.4 is 4.74 Å². The maximum Gasteiger partial charge on any atom is 0.118 e. The third-order valence-corrected chi connectivity index (χ3v) is 4.07. The molecule has 0 radical (unpaired) electrons. The number of ether oxygens (including phenoxy) is 2. The highest BCUT2D eigenvalue weighted by Gasteiger charge is 2.17. The van der Waals surface area contributed by atoms with Gasteiger partial charge in [0.15, 0.2) is 0 Å². The molecular weight excluding hydrogens is 288 g/mol. The van der Waals surface area contributed by atoms with E-state index in [9.17, 15) is 5.11 Å². The van der Waals surface area contributed by atoms with Gasteiger partial charge in [0.1, 0.15) is 5.75 Å². The molecule has 124 valence electrons. The average molecular weight is 314 g/mol. The molecular formula is C20H26O3. The average Bonchev–Trinajstić information content (AvgIpc) is 2.62. The summed E-state index contributed by atoms with van der Waals surface area (Å²) < 4.78 is 11.3. The van der Waals surface area contributed by atoms with E-state index < -0.39 is 6.10 Å². The quantitative estimate of drug-likeness (QED) is 0.760. The van der Waals surface area contributed by atoms with E-state index in [1.54, 1.807) is 7.11 Å². The molecule has 2 atom stereocenters. The molecule has 0 fully saturated rings. The van der Waals surface area contributed by atoms with Crippen LogP contribution in [0.25, 0.3) is 0 Å². The molecule has 0 aliphatic heterocycles. The van der Waals surface area contributed by atoms with Crippen molar-refractivity contribution in [2.75, 3.05) is 7.11 Å². The topological polar surface area (TPSA) is 38.7 Å². The number of benzene rings is 2. The van der Waals surface area contributed by atoms with Crippen molar-refractivity contribution in [2.24, 2.45) is 0 Å². The summed E-state index contributed by atoms with van der Waals surface area (Å²) in [4.78, 5) is 0. The van der Waals surface area contributed by atoms with Gasteiger partial charge in [0, 0.05) is 0 Å². The van der Waals surface area contributed by atoms with Crippen LogP contribution in [-0.2, 0) is 11.3 Å². The lowest BCUT2D eigenvalue weighted by Gasteiger charge is -2.22. The van der Waals surface area contributed by atoms with Gasteiger partial charge in [-0.1, -0.05) is 50.2 Å². The summed E-state index contributed by atoms with van der Waals surface area (Å²) >= 11 is 0. The molecule has 0 saturated carbocycles. The van der Waals surface area contributed by atoms with Gasteiger partial charge in [0.05, 0.1) is 25.9 Å². The molecule has 2 aromatic carbocycles. The third kappa shape index (κ3) is 4.57. The summed E-state index contributed by atoms with van der Waals surface area (Å²) in [6.07, 6.45) is 1.11. The zero-order chi connectivity index (χ0) is 16.7. The van der Waals surface area contributed by atoms with E-state index in [-0.39, 0.29) is 6.10 Å². The van der Waals surface area contributed by atoms with Crippen LogP contribution in [0, 0.1) is 0 Å². The molecule has 0 spiro atoms. The van der Waals surface area contributed by atoms with Crippen LogP contribution in [0.4, 0.5) is 0 Å². The van der Waals surface area contributed by atoms with Gasteiger partial charge < -0.3 is 14.6 Å².